The molecule has 0 spiro atoms. The molecule has 3 amide bonds. The summed E-state index contributed by atoms with van der Waals surface area (Å²) < 4.78 is 0. The third-order valence-electron chi connectivity index (χ3n) is 3.19. The van der Waals surface area contributed by atoms with Crippen LogP contribution < -0.4 is 21.3 Å². The van der Waals surface area contributed by atoms with E-state index in [-0.39, 0.29) is 43.0 Å². The summed E-state index contributed by atoms with van der Waals surface area (Å²) in [6, 6.07) is 7.60. The fourth-order valence-electron chi connectivity index (χ4n) is 2.01. The summed E-state index contributed by atoms with van der Waals surface area (Å²) in [5, 5.41) is 11.2. The largest absolute Gasteiger partial charge is 0.355 e. The van der Waals surface area contributed by atoms with Gasteiger partial charge in [-0.25, -0.2) is 0 Å². The highest BCUT2D eigenvalue weighted by molar-refractivity contribution is 5.93. The lowest BCUT2D eigenvalue weighted by molar-refractivity contribution is -0.124. The number of hydrogen-bond acceptors (Lipinski definition) is 4. The highest BCUT2D eigenvalue weighted by Gasteiger charge is 2.07. The maximum absolute atomic E-state index is 11.9. The second kappa shape index (κ2) is 13.2. The van der Waals surface area contributed by atoms with Crippen LogP contribution in [0.1, 0.15) is 32.3 Å². The third-order valence-corrected chi connectivity index (χ3v) is 3.19. The summed E-state index contributed by atoms with van der Waals surface area (Å²) in [5.41, 5.74) is 1.81. The van der Waals surface area contributed by atoms with Crippen molar-refractivity contribution in [3.05, 3.63) is 29.8 Å². The minimum Gasteiger partial charge on any atom is -0.355 e. The van der Waals surface area contributed by atoms with Crippen LogP contribution in [0.5, 0.6) is 0 Å². The quantitative estimate of drug-likeness (QED) is 0.465. The van der Waals surface area contributed by atoms with E-state index in [9.17, 15) is 14.4 Å². The van der Waals surface area contributed by atoms with Crippen molar-refractivity contribution in [2.75, 3.05) is 25.0 Å². The van der Waals surface area contributed by atoms with Crippen LogP contribution in [0.3, 0.4) is 0 Å². The fraction of sp³-hybridized carbons (Fsp3) is 0.471. The number of amides is 3. The molecule has 25 heavy (non-hydrogen) atoms. The summed E-state index contributed by atoms with van der Waals surface area (Å²) in [5.74, 6) is -0.552. The lowest BCUT2D eigenvalue weighted by atomic mass is 10.2. The molecule has 0 saturated carbocycles. The average molecular weight is 371 g/mol. The normalized spacial score (nSPS) is 9.68. The molecular formula is C17H27ClN4O3. The highest BCUT2D eigenvalue weighted by atomic mass is 35.5. The van der Waals surface area contributed by atoms with Gasteiger partial charge in [-0.3, -0.25) is 14.4 Å². The number of carbonyl (C=O) groups excluding carboxylic acids is 3. The van der Waals surface area contributed by atoms with Gasteiger partial charge >= 0.3 is 0 Å². The molecule has 4 N–H and O–H groups in total. The summed E-state index contributed by atoms with van der Waals surface area (Å²) in [6.07, 6.45) is 0.229. The van der Waals surface area contributed by atoms with Crippen LogP contribution in [-0.4, -0.2) is 37.4 Å². The van der Waals surface area contributed by atoms with Gasteiger partial charge in [0.05, 0.1) is 0 Å². The van der Waals surface area contributed by atoms with Gasteiger partial charge < -0.3 is 21.3 Å². The van der Waals surface area contributed by atoms with E-state index < -0.39 is 0 Å². The molecule has 0 heterocycles. The van der Waals surface area contributed by atoms with Gasteiger partial charge in [0.15, 0.2) is 0 Å². The first-order valence-electron chi connectivity index (χ1n) is 8.12. The van der Waals surface area contributed by atoms with Gasteiger partial charge in [-0.15, -0.1) is 12.4 Å². The zero-order chi connectivity index (χ0) is 17.8. The van der Waals surface area contributed by atoms with E-state index in [1.165, 1.54) is 6.92 Å². The van der Waals surface area contributed by atoms with Crippen molar-refractivity contribution in [2.24, 2.45) is 0 Å². The Kier molecular flexibility index (Phi) is 12.1. The molecule has 0 radical (unpaired) electrons. The Balaban J connectivity index is 0.00000576. The van der Waals surface area contributed by atoms with Crippen molar-refractivity contribution in [1.29, 1.82) is 0 Å². The van der Waals surface area contributed by atoms with Crippen LogP contribution in [0, 0.1) is 0 Å². The van der Waals surface area contributed by atoms with Crippen LogP contribution >= 0.6 is 12.4 Å². The van der Waals surface area contributed by atoms with E-state index in [1.54, 1.807) is 0 Å². The van der Waals surface area contributed by atoms with Crippen molar-refractivity contribution in [3.63, 3.8) is 0 Å². The molecule has 7 nitrogen and oxygen atoms in total. The summed E-state index contributed by atoms with van der Waals surface area (Å²) >= 11 is 0. The van der Waals surface area contributed by atoms with Crippen molar-refractivity contribution >= 4 is 35.8 Å². The minimum absolute atomic E-state index is 0. The van der Waals surface area contributed by atoms with Gasteiger partial charge in [0.25, 0.3) is 0 Å². The molecular weight excluding hydrogens is 344 g/mol. The van der Waals surface area contributed by atoms with Crippen LogP contribution in [0.15, 0.2) is 24.3 Å². The summed E-state index contributed by atoms with van der Waals surface area (Å²) in [6.45, 7) is 5.81. The Morgan fingerprint density at radius 2 is 1.68 bits per heavy atom. The number of halogens is 1. The predicted octanol–water partition coefficient (Wildman–Crippen LogP) is 1.19. The van der Waals surface area contributed by atoms with E-state index in [1.807, 2.05) is 31.2 Å². The molecule has 0 aliphatic rings. The zero-order valence-corrected chi connectivity index (χ0v) is 15.5. The van der Waals surface area contributed by atoms with Gasteiger partial charge in [-0.05, 0) is 24.2 Å². The lowest BCUT2D eigenvalue weighted by Gasteiger charge is -2.08. The molecule has 0 aliphatic carbocycles. The Morgan fingerprint density at radius 1 is 1.00 bits per heavy atom. The van der Waals surface area contributed by atoms with Gasteiger partial charge in [0, 0.05) is 45.1 Å². The van der Waals surface area contributed by atoms with Crippen molar-refractivity contribution in [3.8, 4) is 0 Å². The smallest absolute Gasteiger partial charge is 0.224 e. The molecule has 140 valence electrons. The lowest BCUT2D eigenvalue weighted by Crippen LogP contribution is -2.33. The predicted molar refractivity (Wildman–Crippen MR) is 101 cm³/mol. The number of benzene rings is 1. The van der Waals surface area contributed by atoms with Gasteiger partial charge in [-0.2, -0.15) is 0 Å². The molecule has 0 saturated heterocycles. The first kappa shape index (κ1) is 22.9. The van der Waals surface area contributed by atoms with E-state index >= 15 is 0 Å². The molecule has 0 aromatic heterocycles. The molecule has 1 rings (SSSR count). The number of hydrogen-bond donors (Lipinski definition) is 4. The zero-order valence-electron chi connectivity index (χ0n) is 14.7. The molecule has 1 aromatic carbocycles. The molecule has 1 aromatic rings. The van der Waals surface area contributed by atoms with Gasteiger partial charge in [0.2, 0.25) is 17.7 Å². The second-order valence-electron chi connectivity index (χ2n) is 5.36. The van der Waals surface area contributed by atoms with Crippen LogP contribution in [-0.2, 0) is 20.9 Å². The third kappa shape index (κ3) is 11.1. The Bertz CT molecular complexity index is 567. The Morgan fingerprint density at radius 3 is 2.36 bits per heavy atom. The van der Waals surface area contributed by atoms with E-state index in [0.29, 0.717) is 13.1 Å². The Hall–Kier alpha value is -2.12. The van der Waals surface area contributed by atoms with Crippen molar-refractivity contribution in [1.82, 2.24) is 16.0 Å². The van der Waals surface area contributed by atoms with E-state index in [0.717, 1.165) is 24.3 Å². The number of nitrogens with one attached hydrogen (secondary N) is 4. The monoisotopic (exact) mass is 370 g/mol. The molecule has 0 fully saturated rings. The molecule has 0 unspecified atom stereocenters. The number of anilines is 1. The van der Waals surface area contributed by atoms with Crippen LogP contribution in [0.2, 0.25) is 0 Å². The number of carbonyl (C=O) groups is 3. The molecule has 8 heteroatoms. The standard InChI is InChI=1S/C17H26N4O3.ClH/c1-3-18-12-14-5-4-6-15(11-14)21-17(24)8-7-16(23)20-10-9-19-13(2)22;/h4-6,11,18H,3,7-10,12H2,1-2H3,(H,19,22)(H,20,23)(H,21,24);1H. The molecule has 0 atom stereocenters. The van der Waals surface area contributed by atoms with Gasteiger partial charge in [-0.1, -0.05) is 19.1 Å². The van der Waals surface area contributed by atoms with Crippen molar-refractivity contribution in [2.45, 2.75) is 33.2 Å². The Labute approximate surface area is 154 Å². The SMILES string of the molecule is CCNCc1cccc(NC(=O)CCC(=O)NCCNC(C)=O)c1.Cl. The summed E-state index contributed by atoms with van der Waals surface area (Å²) in [4.78, 5) is 34.2. The molecule has 0 bridgehead atoms. The van der Waals surface area contributed by atoms with Gasteiger partial charge in [0.1, 0.15) is 0 Å². The maximum Gasteiger partial charge on any atom is 0.224 e. The second-order valence-corrected chi connectivity index (χ2v) is 5.36. The maximum atomic E-state index is 11.9. The number of rotatable bonds is 10. The van der Waals surface area contributed by atoms with Crippen LogP contribution in [0.4, 0.5) is 5.69 Å². The first-order valence-corrected chi connectivity index (χ1v) is 8.12. The summed E-state index contributed by atoms with van der Waals surface area (Å²) in [7, 11) is 0. The topological polar surface area (TPSA) is 99.3 Å². The first-order chi connectivity index (χ1) is 11.5. The van der Waals surface area contributed by atoms with Crippen molar-refractivity contribution < 1.29 is 14.4 Å². The minimum atomic E-state index is -0.212. The van der Waals surface area contributed by atoms with Crippen LogP contribution in [0.25, 0.3) is 0 Å². The highest BCUT2D eigenvalue weighted by Crippen LogP contribution is 2.11. The average Bonchev–Trinajstić information content (AvgIpc) is 2.55. The fourth-order valence-corrected chi connectivity index (χ4v) is 2.01. The van der Waals surface area contributed by atoms with E-state index in [4.69, 9.17) is 0 Å². The molecule has 0 aliphatic heterocycles. The van der Waals surface area contributed by atoms with E-state index in [2.05, 4.69) is 21.3 Å².